The van der Waals surface area contributed by atoms with Crippen LogP contribution in [0.15, 0.2) is 84.9 Å². The molecule has 2 atom stereocenters. The van der Waals surface area contributed by atoms with Crippen LogP contribution in [0.5, 0.6) is 0 Å². The SMILES string of the molecule is Cc1cccc(C(c2ccccc2)(c2ccccc2)N2CC2C(=O)O)c1. The molecule has 1 N–H and O–H groups in total. The number of hydrogen-bond donors (Lipinski definition) is 1. The number of nitrogens with zero attached hydrogens (tertiary/aromatic N) is 1. The van der Waals surface area contributed by atoms with E-state index >= 15 is 0 Å². The van der Waals surface area contributed by atoms with Gasteiger partial charge in [0.2, 0.25) is 0 Å². The van der Waals surface area contributed by atoms with Crippen molar-refractivity contribution < 1.29 is 9.90 Å². The van der Waals surface area contributed by atoms with Crippen LogP contribution in [0.1, 0.15) is 22.3 Å². The average Bonchev–Trinajstić information content (AvgIpc) is 3.46. The normalized spacial score (nSPS) is 19.1. The van der Waals surface area contributed by atoms with Crippen LogP contribution in [-0.4, -0.2) is 28.6 Å². The molecule has 1 aliphatic rings. The molecule has 1 aliphatic heterocycles. The van der Waals surface area contributed by atoms with Gasteiger partial charge in [0.05, 0.1) is 5.54 Å². The lowest BCUT2D eigenvalue weighted by atomic mass is 9.76. The number of carbonyl (C=O) groups is 1. The molecule has 1 fully saturated rings. The first-order valence-corrected chi connectivity index (χ1v) is 8.82. The molecule has 4 rings (SSSR count). The predicted molar refractivity (Wildman–Crippen MR) is 102 cm³/mol. The molecule has 0 bridgehead atoms. The molecule has 3 aromatic rings. The minimum atomic E-state index is -0.770. The molecule has 2 unspecified atom stereocenters. The van der Waals surface area contributed by atoms with Crippen molar-refractivity contribution in [2.45, 2.75) is 18.5 Å². The smallest absolute Gasteiger partial charge is 0.322 e. The van der Waals surface area contributed by atoms with Gasteiger partial charge in [0.15, 0.2) is 0 Å². The lowest BCUT2D eigenvalue weighted by Crippen LogP contribution is -2.40. The third kappa shape index (κ3) is 2.61. The van der Waals surface area contributed by atoms with Crippen LogP contribution in [0.25, 0.3) is 0 Å². The van der Waals surface area contributed by atoms with E-state index in [2.05, 4.69) is 54.3 Å². The van der Waals surface area contributed by atoms with Crippen LogP contribution in [0.3, 0.4) is 0 Å². The van der Waals surface area contributed by atoms with Crippen LogP contribution in [0.4, 0.5) is 0 Å². The summed E-state index contributed by atoms with van der Waals surface area (Å²) in [4.78, 5) is 13.8. The van der Waals surface area contributed by atoms with E-state index < -0.39 is 17.6 Å². The van der Waals surface area contributed by atoms with Gasteiger partial charge in [-0.1, -0.05) is 90.5 Å². The molecule has 1 heterocycles. The first-order chi connectivity index (χ1) is 12.6. The van der Waals surface area contributed by atoms with Crippen molar-refractivity contribution >= 4 is 5.97 Å². The summed E-state index contributed by atoms with van der Waals surface area (Å²) in [6, 6.07) is 28.3. The van der Waals surface area contributed by atoms with E-state index in [1.807, 2.05) is 42.5 Å². The van der Waals surface area contributed by atoms with E-state index in [1.165, 1.54) is 0 Å². The number of aryl methyl sites for hydroxylation is 1. The Morgan fingerprint density at radius 2 is 1.42 bits per heavy atom. The van der Waals surface area contributed by atoms with E-state index in [4.69, 9.17) is 0 Å². The first kappa shape index (κ1) is 16.6. The standard InChI is InChI=1S/C23H21NO2/c1-17-9-8-14-20(15-17)23(18-10-4-2-5-11-18,19-12-6-3-7-13-19)24-16-21(24)22(25)26/h2-15,21H,16H2,1H3,(H,25,26). The molecule has 130 valence electrons. The van der Waals surface area contributed by atoms with Gasteiger partial charge in [-0.05, 0) is 23.6 Å². The zero-order valence-electron chi connectivity index (χ0n) is 14.7. The molecule has 0 aliphatic carbocycles. The van der Waals surface area contributed by atoms with E-state index in [0.717, 1.165) is 22.3 Å². The number of hydrogen-bond acceptors (Lipinski definition) is 2. The highest BCUT2D eigenvalue weighted by Crippen LogP contribution is 2.48. The van der Waals surface area contributed by atoms with Crippen molar-refractivity contribution in [3.8, 4) is 0 Å². The lowest BCUT2D eigenvalue weighted by molar-refractivity contribution is -0.137. The van der Waals surface area contributed by atoms with Crippen LogP contribution in [0, 0.1) is 6.92 Å². The van der Waals surface area contributed by atoms with Gasteiger partial charge in [-0.3, -0.25) is 9.69 Å². The predicted octanol–water partition coefficient (Wildman–Crippen LogP) is 4.06. The summed E-state index contributed by atoms with van der Waals surface area (Å²) in [5, 5.41) is 9.64. The Balaban J connectivity index is 2.03. The molecule has 0 radical (unpaired) electrons. The fraction of sp³-hybridized carbons (Fsp3) is 0.174. The van der Waals surface area contributed by atoms with E-state index in [1.54, 1.807) is 0 Å². The van der Waals surface area contributed by atoms with Crippen molar-refractivity contribution in [3.05, 3.63) is 107 Å². The van der Waals surface area contributed by atoms with Crippen LogP contribution in [0.2, 0.25) is 0 Å². The Kier molecular flexibility index (Phi) is 4.09. The second-order valence-electron chi connectivity index (χ2n) is 6.82. The molecular weight excluding hydrogens is 322 g/mol. The molecule has 3 nitrogen and oxygen atoms in total. The Hall–Kier alpha value is -2.91. The van der Waals surface area contributed by atoms with Crippen molar-refractivity contribution in [1.29, 1.82) is 0 Å². The summed E-state index contributed by atoms with van der Waals surface area (Å²) in [5.74, 6) is -0.770. The molecule has 0 amide bonds. The van der Waals surface area contributed by atoms with Gasteiger partial charge < -0.3 is 5.11 Å². The van der Waals surface area contributed by atoms with Gasteiger partial charge in [-0.15, -0.1) is 0 Å². The Morgan fingerprint density at radius 3 is 1.88 bits per heavy atom. The molecule has 26 heavy (non-hydrogen) atoms. The van der Waals surface area contributed by atoms with Gasteiger partial charge >= 0.3 is 5.97 Å². The number of benzene rings is 3. The molecule has 3 aromatic carbocycles. The topological polar surface area (TPSA) is 40.3 Å². The van der Waals surface area contributed by atoms with E-state index in [9.17, 15) is 9.90 Å². The molecule has 0 spiro atoms. The van der Waals surface area contributed by atoms with E-state index in [0.29, 0.717) is 6.54 Å². The molecule has 0 aromatic heterocycles. The van der Waals surface area contributed by atoms with Gasteiger partial charge in [0.1, 0.15) is 6.04 Å². The summed E-state index contributed by atoms with van der Waals surface area (Å²) >= 11 is 0. The number of carboxylic acid groups (broad SMARTS) is 1. The monoisotopic (exact) mass is 343 g/mol. The highest BCUT2D eigenvalue weighted by molar-refractivity contribution is 5.78. The third-order valence-corrected chi connectivity index (χ3v) is 5.15. The maximum atomic E-state index is 11.7. The minimum absolute atomic E-state index is 0.476. The maximum Gasteiger partial charge on any atom is 0.322 e. The molecule has 0 saturated carbocycles. The van der Waals surface area contributed by atoms with Crippen molar-refractivity contribution in [2.24, 2.45) is 0 Å². The lowest BCUT2D eigenvalue weighted by Gasteiger charge is -2.38. The van der Waals surface area contributed by atoms with Gasteiger partial charge in [-0.2, -0.15) is 0 Å². The highest BCUT2D eigenvalue weighted by Gasteiger charge is 2.56. The minimum Gasteiger partial charge on any atom is -0.480 e. The molecule has 3 heteroatoms. The Morgan fingerprint density at radius 1 is 0.885 bits per heavy atom. The van der Waals surface area contributed by atoms with Crippen LogP contribution in [-0.2, 0) is 10.3 Å². The van der Waals surface area contributed by atoms with Gasteiger partial charge in [-0.25, -0.2) is 0 Å². The third-order valence-electron chi connectivity index (χ3n) is 5.15. The van der Waals surface area contributed by atoms with Crippen LogP contribution < -0.4 is 0 Å². The Labute approximate surface area is 153 Å². The maximum absolute atomic E-state index is 11.7. The summed E-state index contributed by atoms with van der Waals surface area (Å²) < 4.78 is 0. The fourth-order valence-electron chi connectivity index (χ4n) is 3.95. The quantitative estimate of drug-likeness (QED) is 0.561. The van der Waals surface area contributed by atoms with Crippen molar-refractivity contribution in [2.75, 3.05) is 6.54 Å². The van der Waals surface area contributed by atoms with Gasteiger partial charge in [0.25, 0.3) is 0 Å². The van der Waals surface area contributed by atoms with Crippen molar-refractivity contribution in [3.63, 3.8) is 0 Å². The summed E-state index contributed by atoms with van der Waals surface area (Å²) in [7, 11) is 0. The second-order valence-corrected chi connectivity index (χ2v) is 6.82. The first-order valence-electron chi connectivity index (χ1n) is 8.82. The summed E-state index contributed by atoms with van der Waals surface area (Å²) in [6.07, 6.45) is 0. The molecule has 1 saturated heterocycles. The van der Waals surface area contributed by atoms with Crippen molar-refractivity contribution in [1.82, 2.24) is 4.90 Å². The van der Waals surface area contributed by atoms with Gasteiger partial charge in [0, 0.05) is 6.54 Å². The molecular formula is C23H21NO2. The zero-order valence-corrected chi connectivity index (χ0v) is 14.7. The Bertz CT molecular complexity index is 882. The number of aliphatic carboxylic acids is 1. The number of rotatable bonds is 5. The fourth-order valence-corrected chi connectivity index (χ4v) is 3.95. The largest absolute Gasteiger partial charge is 0.480 e. The summed E-state index contributed by atoms with van der Waals surface area (Å²) in [6.45, 7) is 2.61. The van der Waals surface area contributed by atoms with Crippen LogP contribution >= 0.6 is 0 Å². The second kappa shape index (κ2) is 6.43. The summed E-state index contributed by atoms with van der Waals surface area (Å²) in [5.41, 5.74) is 3.81. The van der Waals surface area contributed by atoms with E-state index in [-0.39, 0.29) is 0 Å². The number of carboxylic acids is 1. The highest BCUT2D eigenvalue weighted by atomic mass is 16.4. The average molecular weight is 343 g/mol. The zero-order chi connectivity index (χ0) is 18.1.